The number of hydrogen-bond acceptors (Lipinski definition) is 7. The number of nitrogens with zero attached hydrogens (tertiary/aromatic N) is 2. The van der Waals surface area contributed by atoms with Crippen molar-refractivity contribution in [3.05, 3.63) is 23.8 Å². The van der Waals surface area contributed by atoms with Crippen molar-refractivity contribution in [2.45, 2.75) is 6.61 Å². The van der Waals surface area contributed by atoms with E-state index in [1.807, 2.05) is 18.2 Å². The Hall–Kier alpha value is -2.19. The molecule has 0 bridgehead atoms. The standard InChI is InChI=1S/C12H13N3O4S/c1-17-6-7-3-4-8(18-2)5-9(7)10-14-15-12(20-10)19-11(13)16/h3-5H,6H2,1-2H3,(H2,13,16). The lowest BCUT2D eigenvalue weighted by Gasteiger charge is -2.08. The number of benzene rings is 1. The van der Waals surface area contributed by atoms with Gasteiger partial charge in [0.15, 0.2) is 5.01 Å². The van der Waals surface area contributed by atoms with Crippen LogP contribution in [0.2, 0.25) is 0 Å². The van der Waals surface area contributed by atoms with Gasteiger partial charge in [-0.3, -0.25) is 0 Å². The maximum atomic E-state index is 10.7. The first-order valence-electron chi connectivity index (χ1n) is 5.61. The molecule has 0 aliphatic carbocycles. The molecule has 1 aromatic carbocycles. The van der Waals surface area contributed by atoms with Gasteiger partial charge in [0, 0.05) is 12.7 Å². The van der Waals surface area contributed by atoms with Gasteiger partial charge in [-0.05, 0) is 17.7 Å². The predicted molar refractivity (Wildman–Crippen MR) is 72.8 cm³/mol. The highest BCUT2D eigenvalue weighted by atomic mass is 32.1. The van der Waals surface area contributed by atoms with E-state index < -0.39 is 6.09 Å². The Morgan fingerprint density at radius 2 is 2.15 bits per heavy atom. The lowest BCUT2D eigenvalue weighted by atomic mass is 10.1. The van der Waals surface area contributed by atoms with Crippen molar-refractivity contribution in [3.8, 4) is 21.5 Å². The Kier molecular flexibility index (Phi) is 4.49. The Morgan fingerprint density at radius 1 is 1.35 bits per heavy atom. The molecule has 0 aliphatic heterocycles. The number of primary amides is 1. The van der Waals surface area contributed by atoms with E-state index in [0.717, 1.165) is 22.5 Å². The van der Waals surface area contributed by atoms with Gasteiger partial charge >= 0.3 is 11.3 Å². The van der Waals surface area contributed by atoms with Crippen LogP contribution in [0.4, 0.5) is 4.79 Å². The zero-order valence-corrected chi connectivity index (χ0v) is 11.8. The normalized spacial score (nSPS) is 10.3. The second-order valence-electron chi connectivity index (χ2n) is 3.75. The largest absolute Gasteiger partial charge is 0.497 e. The van der Waals surface area contributed by atoms with Crippen molar-refractivity contribution in [2.75, 3.05) is 14.2 Å². The molecule has 8 heteroatoms. The number of carbonyl (C=O) groups excluding carboxylic acids is 1. The fourth-order valence-corrected chi connectivity index (χ4v) is 2.36. The fourth-order valence-electron chi connectivity index (χ4n) is 1.61. The minimum atomic E-state index is -0.921. The molecular formula is C12H13N3O4S. The summed E-state index contributed by atoms with van der Waals surface area (Å²) in [5.41, 5.74) is 6.67. The summed E-state index contributed by atoms with van der Waals surface area (Å²) in [6, 6.07) is 5.54. The summed E-state index contributed by atoms with van der Waals surface area (Å²) in [4.78, 5) is 10.7. The van der Waals surface area contributed by atoms with E-state index >= 15 is 0 Å². The molecule has 20 heavy (non-hydrogen) atoms. The fraction of sp³-hybridized carbons (Fsp3) is 0.250. The average molecular weight is 295 g/mol. The molecule has 0 spiro atoms. The van der Waals surface area contributed by atoms with Crippen LogP contribution in [-0.2, 0) is 11.3 Å². The van der Waals surface area contributed by atoms with Gasteiger partial charge in [-0.2, -0.15) is 0 Å². The number of rotatable bonds is 5. The molecule has 0 aliphatic rings. The van der Waals surface area contributed by atoms with Crippen LogP contribution in [0.1, 0.15) is 5.56 Å². The van der Waals surface area contributed by atoms with E-state index in [1.165, 1.54) is 0 Å². The summed E-state index contributed by atoms with van der Waals surface area (Å²) in [5.74, 6) is 0.687. The average Bonchev–Trinajstić information content (AvgIpc) is 2.87. The second-order valence-corrected chi connectivity index (χ2v) is 4.69. The third-order valence-corrected chi connectivity index (χ3v) is 3.28. The second kappa shape index (κ2) is 6.31. The SMILES string of the molecule is COCc1ccc(OC)cc1-c1nnc(OC(N)=O)s1. The summed E-state index contributed by atoms with van der Waals surface area (Å²) in [7, 11) is 3.19. The van der Waals surface area contributed by atoms with Gasteiger partial charge in [0.1, 0.15) is 5.75 Å². The topological polar surface area (TPSA) is 96.6 Å². The summed E-state index contributed by atoms with van der Waals surface area (Å²) in [6.45, 7) is 0.422. The monoisotopic (exact) mass is 295 g/mol. The molecule has 0 atom stereocenters. The Bertz CT molecular complexity index is 614. The molecule has 1 heterocycles. The van der Waals surface area contributed by atoms with Gasteiger partial charge in [0.05, 0.1) is 13.7 Å². The van der Waals surface area contributed by atoms with Crippen molar-refractivity contribution in [1.29, 1.82) is 0 Å². The molecule has 0 radical (unpaired) electrons. The molecular weight excluding hydrogens is 282 g/mol. The minimum Gasteiger partial charge on any atom is -0.497 e. The zero-order valence-electron chi connectivity index (χ0n) is 11.0. The lowest BCUT2D eigenvalue weighted by Crippen LogP contribution is -2.15. The van der Waals surface area contributed by atoms with E-state index in [1.54, 1.807) is 14.2 Å². The van der Waals surface area contributed by atoms with Crippen molar-refractivity contribution in [3.63, 3.8) is 0 Å². The Labute approximate surface area is 119 Å². The number of methoxy groups -OCH3 is 2. The van der Waals surface area contributed by atoms with Gasteiger partial charge in [-0.1, -0.05) is 22.5 Å². The van der Waals surface area contributed by atoms with Crippen LogP contribution in [0.3, 0.4) is 0 Å². The van der Waals surface area contributed by atoms with Gasteiger partial charge in [-0.15, -0.1) is 5.10 Å². The highest BCUT2D eigenvalue weighted by Gasteiger charge is 2.14. The molecule has 0 unspecified atom stereocenters. The number of amides is 1. The van der Waals surface area contributed by atoms with Crippen molar-refractivity contribution in [2.24, 2.45) is 5.73 Å². The number of carbonyl (C=O) groups is 1. The molecule has 0 saturated heterocycles. The summed E-state index contributed by atoms with van der Waals surface area (Å²) < 4.78 is 15.0. The Balaban J connectivity index is 2.38. The lowest BCUT2D eigenvalue weighted by molar-refractivity contribution is 0.185. The van der Waals surface area contributed by atoms with Crippen LogP contribution in [0.15, 0.2) is 18.2 Å². The van der Waals surface area contributed by atoms with Crippen molar-refractivity contribution < 1.29 is 19.0 Å². The van der Waals surface area contributed by atoms with Crippen molar-refractivity contribution >= 4 is 17.4 Å². The number of hydrogen-bond donors (Lipinski definition) is 1. The number of aromatic nitrogens is 2. The molecule has 0 fully saturated rings. The third kappa shape index (κ3) is 3.22. The van der Waals surface area contributed by atoms with Gasteiger partial charge in [0.25, 0.3) is 0 Å². The number of ether oxygens (including phenoxy) is 3. The van der Waals surface area contributed by atoms with Gasteiger partial charge in [0.2, 0.25) is 0 Å². The highest BCUT2D eigenvalue weighted by molar-refractivity contribution is 7.16. The predicted octanol–water partition coefficient (Wildman–Crippen LogP) is 1.82. The van der Waals surface area contributed by atoms with Crippen LogP contribution in [0.25, 0.3) is 10.6 Å². The van der Waals surface area contributed by atoms with Crippen LogP contribution in [0.5, 0.6) is 10.9 Å². The van der Waals surface area contributed by atoms with Crippen LogP contribution < -0.4 is 15.2 Å². The molecule has 1 amide bonds. The number of nitrogens with two attached hydrogens (primary N) is 1. The van der Waals surface area contributed by atoms with E-state index in [9.17, 15) is 4.79 Å². The quantitative estimate of drug-likeness (QED) is 0.903. The smallest absolute Gasteiger partial charge is 0.411 e. The van der Waals surface area contributed by atoms with Gasteiger partial charge in [-0.25, -0.2) is 4.79 Å². The molecule has 106 valence electrons. The molecule has 0 saturated carbocycles. The maximum absolute atomic E-state index is 10.7. The maximum Gasteiger partial charge on any atom is 0.411 e. The zero-order chi connectivity index (χ0) is 14.5. The minimum absolute atomic E-state index is 0.0960. The molecule has 2 aromatic rings. The van der Waals surface area contributed by atoms with E-state index in [2.05, 4.69) is 10.2 Å². The first kappa shape index (κ1) is 14.2. The molecule has 7 nitrogen and oxygen atoms in total. The van der Waals surface area contributed by atoms with E-state index in [-0.39, 0.29) is 5.19 Å². The highest BCUT2D eigenvalue weighted by Crippen LogP contribution is 2.33. The van der Waals surface area contributed by atoms with Gasteiger partial charge < -0.3 is 19.9 Å². The molecule has 2 N–H and O–H groups in total. The van der Waals surface area contributed by atoms with E-state index in [0.29, 0.717) is 17.4 Å². The van der Waals surface area contributed by atoms with E-state index in [4.69, 9.17) is 19.9 Å². The van der Waals surface area contributed by atoms with Crippen LogP contribution in [-0.4, -0.2) is 30.5 Å². The summed E-state index contributed by atoms with van der Waals surface area (Å²) in [5, 5.41) is 8.42. The van der Waals surface area contributed by atoms with Crippen LogP contribution >= 0.6 is 11.3 Å². The Morgan fingerprint density at radius 3 is 2.80 bits per heavy atom. The molecule has 1 aromatic heterocycles. The first-order valence-corrected chi connectivity index (χ1v) is 6.42. The third-order valence-electron chi connectivity index (χ3n) is 2.44. The van der Waals surface area contributed by atoms with Crippen LogP contribution in [0, 0.1) is 0 Å². The molecule has 2 rings (SSSR count). The summed E-state index contributed by atoms with van der Waals surface area (Å²) >= 11 is 1.12. The summed E-state index contributed by atoms with van der Waals surface area (Å²) in [6.07, 6.45) is -0.921. The van der Waals surface area contributed by atoms with Crippen molar-refractivity contribution in [1.82, 2.24) is 10.2 Å². The first-order chi connectivity index (χ1) is 9.63.